The van der Waals surface area contributed by atoms with Crippen LogP contribution in [0.25, 0.3) is 6.08 Å². The summed E-state index contributed by atoms with van der Waals surface area (Å²) in [6.07, 6.45) is 7.00. The third kappa shape index (κ3) is 5.87. The predicted molar refractivity (Wildman–Crippen MR) is 160 cm³/mol. The smallest absolute Gasteiger partial charge is 0.258 e. The monoisotopic (exact) mass is 585 g/mol. The molecule has 2 aliphatic heterocycles. The van der Waals surface area contributed by atoms with E-state index in [1.165, 1.54) is 24.3 Å². The number of nitrogens with zero attached hydrogens (tertiary/aromatic N) is 3. The Hall–Kier alpha value is -3.88. The largest absolute Gasteiger partial charge is 0.307 e. The molecule has 4 aromatic rings. The number of aromatic nitrogens is 1. The minimum absolute atomic E-state index is 0.0377. The molecule has 0 atom stereocenters. The van der Waals surface area contributed by atoms with Crippen molar-refractivity contribution in [3.8, 4) is 0 Å². The molecule has 214 valence electrons. The summed E-state index contributed by atoms with van der Waals surface area (Å²) in [5.41, 5.74) is 3.67. The Labute approximate surface area is 247 Å². The van der Waals surface area contributed by atoms with Gasteiger partial charge in [-0.05, 0) is 105 Å². The molecule has 1 saturated heterocycles. The highest BCUT2D eigenvalue weighted by Gasteiger charge is 2.46. The van der Waals surface area contributed by atoms with Crippen LogP contribution in [0.5, 0.6) is 0 Å². The van der Waals surface area contributed by atoms with Crippen molar-refractivity contribution in [3.05, 3.63) is 125 Å². The lowest BCUT2D eigenvalue weighted by Crippen LogP contribution is -2.46. The molecule has 3 aromatic carbocycles. The molecule has 8 heteroatoms. The van der Waals surface area contributed by atoms with Crippen LogP contribution in [0.3, 0.4) is 0 Å². The molecular weight excluding hydrogens is 555 g/mol. The van der Waals surface area contributed by atoms with Gasteiger partial charge in [0.05, 0.1) is 0 Å². The second-order valence-corrected chi connectivity index (χ2v) is 12.1. The highest BCUT2D eigenvalue weighted by atomic mass is 32.2. The predicted octanol–water partition coefficient (Wildman–Crippen LogP) is 7.67. The van der Waals surface area contributed by atoms with Gasteiger partial charge < -0.3 is 4.90 Å². The van der Waals surface area contributed by atoms with E-state index in [0.29, 0.717) is 24.2 Å². The Morgan fingerprint density at radius 1 is 0.929 bits per heavy atom. The lowest BCUT2D eigenvalue weighted by Gasteiger charge is -2.39. The van der Waals surface area contributed by atoms with E-state index in [1.807, 2.05) is 36.1 Å². The minimum Gasteiger partial charge on any atom is -0.307 e. The number of aryl methyl sites for hydroxylation is 1. The van der Waals surface area contributed by atoms with Crippen LogP contribution < -0.4 is 4.90 Å². The first-order chi connectivity index (χ1) is 20.3. The number of carbonyl (C=O) groups is 1. The SMILES string of the molecule is Cc1cc(C(=O)N2CC3(CCN(CC=Cc4ccc(F)cc4F)CC3)c3cc(Sc4ccc(F)cc4)ccc32)ccn1. The molecule has 0 unspecified atom stereocenters. The Bertz CT molecular complexity index is 1650. The number of anilines is 1. The maximum absolute atomic E-state index is 14.0. The molecule has 0 bridgehead atoms. The van der Waals surface area contributed by atoms with E-state index in [-0.39, 0.29) is 17.1 Å². The van der Waals surface area contributed by atoms with E-state index in [0.717, 1.165) is 58.7 Å². The number of hydrogen-bond donors (Lipinski definition) is 0. The van der Waals surface area contributed by atoms with Gasteiger partial charge in [-0.1, -0.05) is 23.9 Å². The highest BCUT2D eigenvalue weighted by Crippen LogP contribution is 2.49. The zero-order valence-corrected chi connectivity index (χ0v) is 24.0. The van der Waals surface area contributed by atoms with Crippen LogP contribution >= 0.6 is 11.8 Å². The third-order valence-corrected chi connectivity index (χ3v) is 9.16. The quantitative estimate of drug-likeness (QED) is 0.233. The van der Waals surface area contributed by atoms with E-state index >= 15 is 0 Å². The van der Waals surface area contributed by atoms with Gasteiger partial charge in [0.2, 0.25) is 0 Å². The number of pyridine rings is 1. The van der Waals surface area contributed by atoms with E-state index < -0.39 is 11.6 Å². The van der Waals surface area contributed by atoms with Crippen LogP contribution in [0.15, 0.2) is 94.9 Å². The summed E-state index contributed by atoms with van der Waals surface area (Å²) in [4.78, 5) is 24.2. The van der Waals surface area contributed by atoms with Crippen LogP contribution in [0.1, 0.15) is 40.0 Å². The fourth-order valence-corrected chi connectivity index (χ4v) is 6.78. The van der Waals surface area contributed by atoms with E-state index in [1.54, 1.807) is 42.2 Å². The Balaban J connectivity index is 1.24. The van der Waals surface area contributed by atoms with Crippen molar-refractivity contribution in [3.63, 3.8) is 0 Å². The molecule has 2 aliphatic rings. The number of likely N-dealkylation sites (tertiary alicyclic amines) is 1. The van der Waals surface area contributed by atoms with Crippen molar-refractivity contribution in [2.24, 2.45) is 0 Å². The van der Waals surface area contributed by atoms with E-state index in [9.17, 15) is 18.0 Å². The molecule has 0 saturated carbocycles. The topological polar surface area (TPSA) is 36.4 Å². The van der Waals surface area contributed by atoms with Crippen LogP contribution in [0, 0.1) is 24.4 Å². The van der Waals surface area contributed by atoms with E-state index in [2.05, 4.69) is 16.0 Å². The number of piperidine rings is 1. The summed E-state index contributed by atoms with van der Waals surface area (Å²) in [7, 11) is 0. The second-order valence-electron chi connectivity index (χ2n) is 11.0. The van der Waals surface area contributed by atoms with Crippen molar-refractivity contribution in [2.75, 3.05) is 31.1 Å². The number of benzene rings is 3. The number of rotatable bonds is 6. The highest BCUT2D eigenvalue weighted by molar-refractivity contribution is 7.99. The van der Waals surface area contributed by atoms with Gasteiger partial charge in [0, 0.05) is 63.1 Å². The molecule has 0 aliphatic carbocycles. The zero-order valence-electron chi connectivity index (χ0n) is 23.2. The molecule has 42 heavy (non-hydrogen) atoms. The van der Waals surface area contributed by atoms with Crippen molar-refractivity contribution in [2.45, 2.75) is 35.0 Å². The summed E-state index contributed by atoms with van der Waals surface area (Å²) in [5.74, 6) is -1.47. The molecular formula is C34H30F3N3OS. The molecule has 1 spiro atoms. The summed E-state index contributed by atoms with van der Waals surface area (Å²) in [6, 6.07) is 19.9. The van der Waals surface area contributed by atoms with Gasteiger partial charge in [0.1, 0.15) is 17.5 Å². The lowest BCUT2D eigenvalue weighted by molar-refractivity contribution is 0.0977. The third-order valence-electron chi connectivity index (χ3n) is 8.17. The number of halogens is 3. The molecule has 3 heterocycles. The standard InChI is InChI=1S/C34H30F3N3OS/c1-23-19-25(12-15-38-23)33(41)40-22-34(30-21-29(10-11-32(30)40)42-28-8-6-26(35)7-9-28)13-17-39(18-14-34)16-2-3-24-4-5-27(36)20-31(24)37/h2-12,15,19-21H,13-14,16-18,22H2,1H3. The second kappa shape index (κ2) is 11.8. The fraction of sp³-hybridized carbons (Fsp3) is 0.235. The Kier molecular flexibility index (Phi) is 7.92. The molecule has 6 rings (SSSR count). The first kappa shape index (κ1) is 28.2. The van der Waals surface area contributed by atoms with Gasteiger partial charge in [-0.25, -0.2) is 13.2 Å². The zero-order chi connectivity index (χ0) is 29.3. The average Bonchev–Trinajstić information content (AvgIpc) is 3.29. The summed E-state index contributed by atoms with van der Waals surface area (Å²) < 4.78 is 40.7. The molecule has 1 fully saturated rings. The molecule has 1 amide bonds. The van der Waals surface area contributed by atoms with Gasteiger partial charge in [0.25, 0.3) is 5.91 Å². The maximum atomic E-state index is 14.0. The van der Waals surface area contributed by atoms with Gasteiger partial charge >= 0.3 is 0 Å². The first-order valence-electron chi connectivity index (χ1n) is 14.0. The summed E-state index contributed by atoms with van der Waals surface area (Å²) >= 11 is 1.58. The Morgan fingerprint density at radius 3 is 2.40 bits per heavy atom. The van der Waals surface area contributed by atoms with Crippen molar-refractivity contribution in [1.82, 2.24) is 9.88 Å². The van der Waals surface area contributed by atoms with Crippen molar-refractivity contribution in [1.29, 1.82) is 0 Å². The van der Waals surface area contributed by atoms with Crippen LogP contribution in [0.4, 0.5) is 18.9 Å². The number of hydrogen-bond acceptors (Lipinski definition) is 4. The first-order valence-corrected chi connectivity index (χ1v) is 14.8. The normalized spacial score (nSPS) is 16.3. The number of carbonyl (C=O) groups excluding carboxylic acids is 1. The van der Waals surface area contributed by atoms with Crippen LogP contribution in [0.2, 0.25) is 0 Å². The van der Waals surface area contributed by atoms with Crippen LogP contribution in [-0.2, 0) is 5.41 Å². The number of fused-ring (bicyclic) bond motifs is 2. The van der Waals surface area contributed by atoms with E-state index in [4.69, 9.17) is 0 Å². The molecule has 1 aromatic heterocycles. The fourth-order valence-electron chi connectivity index (χ4n) is 5.92. The Morgan fingerprint density at radius 2 is 1.67 bits per heavy atom. The summed E-state index contributed by atoms with van der Waals surface area (Å²) in [5, 5.41) is 0. The molecule has 4 nitrogen and oxygen atoms in total. The van der Waals surface area contributed by atoms with Gasteiger partial charge in [-0.3, -0.25) is 14.7 Å². The summed E-state index contributed by atoms with van der Waals surface area (Å²) in [6.45, 7) is 4.77. The van der Waals surface area contributed by atoms with Gasteiger partial charge in [0.15, 0.2) is 0 Å². The van der Waals surface area contributed by atoms with Crippen molar-refractivity contribution >= 4 is 29.4 Å². The van der Waals surface area contributed by atoms with Crippen LogP contribution in [-0.4, -0.2) is 42.0 Å². The minimum atomic E-state index is -0.589. The lowest BCUT2D eigenvalue weighted by atomic mass is 9.74. The van der Waals surface area contributed by atoms with Crippen molar-refractivity contribution < 1.29 is 18.0 Å². The molecule has 0 radical (unpaired) electrons. The average molecular weight is 586 g/mol. The number of amides is 1. The maximum Gasteiger partial charge on any atom is 0.258 e. The van der Waals surface area contributed by atoms with Gasteiger partial charge in [-0.2, -0.15) is 0 Å². The molecule has 0 N–H and O–H groups in total. The van der Waals surface area contributed by atoms with Gasteiger partial charge in [-0.15, -0.1) is 0 Å².